The molecule has 0 saturated carbocycles. The zero-order valence-corrected chi connectivity index (χ0v) is 10.6. The third kappa shape index (κ3) is 4.73. The van der Waals surface area contributed by atoms with E-state index in [-0.39, 0.29) is 19.3 Å². The number of aliphatic hydroxyl groups is 1. The number of nitrogens with one attached hydrogen (secondary N) is 1. The maximum absolute atomic E-state index is 11.5. The van der Waals surface area contributed by atoms with Crippen LogP contribution in [0.15, 0.2) is 30.3 Å². The van der Waals surface area contributed by atoms with Crippen LogP contribution in [-0.2, 0) is 16.1 Å². The van der Waals surface area contributed by atoms with E-state index in [1.165, 1.54) is 7.11 Å². The molecule has 0 aliphatic heterocycles. The average Bonchev–Trinajstić information content (AvgIpc) is 2.42. The molecule has 5 nitrogen and oxygen atoms in total. The lowest BCUT2D eigenvalue weighted by molar-refractivity contribution is 0.0527. The van der Waals surface area contributed by atoms with Crippen molar-refractivity contribution in [3.05, 3.63) is 35.9 Å². The molecule has 0 bridgehead atoms. The van der Waals surface area contributed by atoms with E-state index in [1.807, 2.05) is 30.3 Å². The number of hydrogen-bond acceptors (Lipinski definition) is 4. The number of amides is 1. The number of benzene rings is 1. The minimum absolute atomic E-state index is 0.199. The van der Waals surface area contributed by atoms with Crippen molar-refractivity contribution in [2.45, 2.75) is 25.7 Å². The molecule has 5 heteroatoms. The van der Waals surface area contributed by atoms with E-state index in [9.17, 15) is 4.79 Å². The molecular formula is C13H19NO4. The van der Waals surface area contributed by atoms with E-state index >= 15 is 0 Å². The summed E-state index contributed by atoms with van der Waals surface area (Å²) in [6.07, 6.45) is -0.846. The third-order valence-corrected chi connectivity index (χ3v) is 2.65. The normalized spacial score (nSPS) is 13.7. The maximum atomic E-state index is 11.5. The number of aliphatic hydroxyl groups excluding tert-OH is 1. The van der Waals surface area contributed by atoms with Gasteiger partial charge in [0.15, 0.2) is 0 Å². The SMILES string of the molecule is CO[C@@H](C)[C@@H](CO)NC(=O)OCc1ccccc1. The maximum Gasteiger partial charge on any atom is 0.407 e. The molecule has 0 heterocycles. The van der Waals surface area contributed by atoms with Gasteiger partial charge < -0.3 is 19.9 Å². The lowest BCUT2D eigenvalue weighted by Crippen LogP contribution is -2.45. The summed E-state index contributed by atoms with van der Waals surface area (Å²) < 4.78 is 10.1. The molecule has 1 amide bonds. The number of methoxy groups -OCH3 is 1. The Kier molecular flexibility index (Phi) is 6.18. The minimum Gasteiger partial charge on any atom is -0.445 e. The van der Waals surface area contributed by atoms with Crippen LogP contribution in [0.5, 0.6) is 0 Å². The van der Waals surface area contributed by atoms with E-state index < -0.39 is 12.1 Å². The van der Waals surface area contributed by atoms with Gasteiger partial charge in [0, 0.05) is 7.11 Å². The summed E-state index contributed by atoms with van der Waals surface area (Å²) in [5.41, 5.74) is 0.910. The fourth-order valence-corrected chi connectivity index (χ4v) is 1.39. The van der Waals surface area contributed by atoms with Crippen LogP contribution in [0.4, 0.5) is 4.79 Å². The number of alkyl carbamates (subject to hydrolysis) is 1. The highest BCUT2D eigenvalue weighted by molar-refractivity contribution is 5.67. The van der Waals surface area contributed by atoms with Crippen LogP contribution in [0.1, 0.15) is 12.5 Å². The first-order chi connectivity index (χ1) is 8.67. The van der Waals surface area contributed by atoms with Gasteiger partial charge in [0.25, 0.3) is 0 Å². The van der Waals surface area contributed by atoms with E-state index in [0.717, 1.165) is 5.56 Å². The Hall–Kier alpha value is -1.59. The Labute approximate surface area is 107 Å². The minimum atomic E-state index is -0.568. The number of rotatable bonds is 6. The largest absolute Gasteiger partial charge is 0.445 e. The highest BCUT2D eigenvalue weighted by Gasteiger charge is 2.18. The van der Waals surface area contributed by atoms with Crippen molar-refractivity contribution in [2.24, 2.45) is 0 Å². The molecule has 0 aromatic heterocycles. The fourth-order valence-electron chi connectivity index (χ4n) is 1.39. The summed E-state index contributed by atoms with van der Waals surface area (Å²) in [5.74, 6) is 0. The molecule has 0 spiro atoms. The molecule has 0 unspecified atom stereocenters. The molecule has 1 aromatic rings. The lowest BCUT2D eigenvalue weighted by atomic mass is 10.2. The number of ether oxygens (including phenoxy) is 2. The second-order valence-corrected chi connectivity index (χ2v) is 3.94. The lowest BCUT2D eigenvalue weighted by Gasteiger charge is -2.21. The molecule has 0 fully saturated rings. The average molecular weight is 253 g/mol. The van der Waals surface area contributed by atoms with Gasteiger partial charge in [0.2, 0.25) is 0 Å². The highest BCUT2D eigenvalue weighted by Crippen LogP contribution is 2.02. The van der Waals surface area contributed by atoms with Gasteiger partial charge in [-0.1, -0.05) is 30.3 Å². The van der Waals surface area contributed by atoms with Gasteiger partial charge in [-0.2, -0.15) is 0 Å². The first-order valence-corrected chi connectivity index (χ1v) is 5.78. The van der Waals surface area contributed by atoms with Crippen molar-refractivity contribution >= 4 is 6.09 Å². The summed E-state index contributed by atoms with van der Waals surface area (Å²) in [7, 11) is 1.52. The Morgan fingerprint density at radius 1 is 1.39 bits per heavy atom. The first kappa shape index (κ1) is 14.5. The molecule has 2 atom stereocenters. The van der Waals surface area contributed by atoms with Crippen molar-refractivity contribution in [2.75, 3.05) is 13.7 Å². The number of hydrogen-bond donors (Lipinski definition) is 2. The van der Waals surface area contributed by atoms with Crippen LogP contribution in [0, 0.1) is 0 Å². The van der Waals surface area contributed by atoms with Gasteiger partial charge in [-0.3, -0.25) is 0 Å². The topological polar surface area (TPSA) is 67.8 Å². The summed E-state index contributed by atoms with van der Waals surface area (Å²) in [5, 5.41) is 11.7. The molecule has 0 aliphatic rings. The zero-order valence-electron chi connectivity index (χ0n) is 10.6. The van der Waals surface area contributed by atoms with Crippen LogP contribution in [0.2, 0.25) is 0 Å². The van der Waals surface area contributed by atoms with Crippen LogP contribution in [0.25, 0.3) is 0 Å². The van der Waals surface area contributed by atoms with Crippen LogP contribution in [-0.4, -0.2) is 37.1 Å². The molecule has 2 N–H and O–H groups in total. The fraction of sp³-hybridized carbons (Fsp3) is 0.462. The van der Waals surface area contributed by atoms with Gasteiger partial charge in [-0.05, 0) is 12.5 Å². The molecule has 100 valence electrons. The zero-order chi connectivity index (χ0) is 13.4. The smallest absolute Gasteiger partial charge is 0.407 e. The summed E-state index contributed by atoms with van der Waals surface area (Å²) in [4.78, 5) is 11.5. The Morgan fingerprint density at radius 3 is 2.61 bits per heavy atom. The Morgan fingerprint density at radius 2 is 2.06 bits per heavy atom. The number of carbonyl (C=O) groups excluding carboxylic acids is 1. The molecule has 0 radical (unpaired) electrons. The highest BCUT2D eigenvalue weighted by atomic mass is 16.5. The predicted molar refractivity (Wildman–Crippen MR) is 67.1 cm³/mol. The van der Waals surface area contributed by atoms with Gasteiger partial charge in [0.1, 0.15) is 6.61 Å². The molecule has 0 saturated heterocycles. The summed E-state index contributed by atoms with van der Waals surface area (Å²) in [6.45, 7) is 1.76. The van der Waals surface area contributed by atoms with Gasteiger partial charge >= 0.3 is 6.09 Å². The van der Waals surface area contributed by atoms with Crippen molar-refractivity contribution in [3.63, 3.8) is 0 Å². The van der Waals surface area contributed by atoms with E-state index in [2.05, 4.69) is 5.32 Å². The van der Waals surface area contributed by atoms with Crippen molar-refractivity contribution in [1.29, 1.82) is 0 Å². The number of carbonyl (C=O) groups is 1. The van der Waals surface area contributed by atoms with Crippen LogP contribution in [0.3, 0.4) is 0 Å². The summed E-state index contributed by atoms with van der Waals surface area (Å²) >= 11 is 0. The first-order valence-electron chi connectivity index (χ1n) is 5.78. The second-order valence-electron chi connectivity index (χ2n) is 3.94. The van der Waals surface area contributed by atoms with Crippen LogP contribution >= 0.6 is 0 Å². The quantitative estimate of drug-likeness (QED) is 0.802. The third-order valence-electron chi connectivity index (χ3n) is 2.65. The molecule has 1 aromatic carbocycles. The van der Waals surface area contributed by atoms with Crippen molar-refractivity contribution in [1.82, 2.24) is 5.32 Å². The second kappa shape index (κ2) is 7.68. The van der Waals surface area contributed by atoms with Gasteiger partial charge in [-0.15, -0.1) is 0 Å². The molecule has 0 aliphatic carbocycles. The molecular weight excluding hydrogens is 234 g/mol. The van der Waals surface area contributed by atoms with Crippen LogP contribution < -0.4 is 5.32 Å². The van der Waals surface area contributed by atoms with E-state index in [4.69, 9.17) is 14.6 Å². The summed E-state index contributed by atoms with van der Waals surface area (Å²) in [6, 6.07) is 8.91. The predicted octanol–water partition coefficient (Wildman–Crippen LogP) is 1.31. The van der Waals surface area contributed by atoms with Crippen molar-refractivity contribution in [3.8, 4) is 0 Å². The monoisotopic (exact) mass is 253 g/mol. The Balaban J connectivity index is 2.37. The van der Waals surface area contributed by atoms with E-state index in [1.54, 1.807) is 6.92 Å². The van der Waals surface area contributed by atoms with Gasteiger partial charge in [-0.25, -0.2) is 4.79 Å². The van der Waals surface area contributed by atoms with Crippen molar-refractivity contribution < 1.29 is 19.4 Å². The van der Waals surface area contributed by atoms with Gasteiger partial charge in [0.05, 0.1) is 18.8 Å². The Bertz CT molecular complexity index is 355. The molecule has 1 rings (SSSR count). The standard InChI is InChI=1S/C13H19NO4/c1-10(17-2)12(8-15)14-13(16)18-9-11-6-4-3-5-7-11/h3-7,10,12,15H,8-9H2,1-2H3,(H,14,16)/t10-,12+/m0/s1. The van der Waals surface area contributed by atoms with E-state index in [0.29, 0.717) is 0 Å². The molecule has 18 heavy (non-hydrogen) atoms.